The molecule has 0 saturated heterocycles. The molecule has 0 spiro atoms. The van der Waals surface area contributed by atoms with Crippen LogP contribution in [0.25, 0.3) is 10.9 Å². The van der Waals surface area contributed by atoms with Gasteiger partial charge in [-0.2, -0.15) is 0 Å². The van der Waals surface area contributed by atoms with Gasteiger partial charge in [0, 0.05) is 30.9 Å². The molecule has 4 rings (SSSR count). The number of nitrogens with one attached hydrogen (secondary N) is 2. The van der Waals surface area contributed by atoms with Crippen LogP contribution in [0.5, 0.6) is 5.75 Å². The van der Waals surface area contributed by atoms with E-state index in [4.69, 9.17) is 4.74 Å². The van der Waals surface area contributed by atoms with Crippen LogP contribution in [0.2, 0.25) is 0 Å². The normalized spacial score (nSPS) is 10.8. The first-order valence-electron chi connectivity index (χ1n) is 10.8. The van der Waals surface area contributed by atoms with Crippen molar-refractivity contribution in [1.82, 2.24) is 20.6 Å². The van der Waals surface area contributed by atoms with Crippen LogP contribution < -0.4 is 15.4 Å². The number of aromatic nitrogens is 2. The molecule has 2 heterocycles. The summed E-state index contributed by atoms with van der Waals surface area (Å²) in [4.78, 5) is 21.8. The highest BCUT2D eigenvalue weighted by atomic mass is 19.1. The molecule has 4 aromatic rings. The summed E-state index contributed by atoms with van der Waals surface area (Å²) in [5.74, 6) is -0.223. The van der Waals surface area contributed by atoms with Gasteiger partial charge in [0.2, 0.25) is 0 Å². The summed E-state index contributed by atoms with van der Waals surface area (Å²) in [5.41, 5.74) is 3.68. The Labute approximate surface area is 191 Å². The number of carbonyl (C=O) groups excluding carboxylic acids is 1. The van der Waals surface area contributed by atoms with E-state index in [1.807, 2.05) is 43.4 Å². The van der Waals surface area contributed by atoms with Gasteiger partial charge in [0.1, 0.15) is 17.9 Å². The lowest BCUT2D eigenvalue weighted by Gasteiger charge is -2.14. The summed E-state index contributed by atoms with van der Waals surface area (Å²) >= 11 is 0. The number of halogens is 1. The standard InChI is InChI=1S/C26H25FN4O2/c1-28-11-12-29-26(32)24-25(33-17-19-5-3-2-4-6-19)23-21(16-31-24)14-20(15-30-23)13-18-7-9-22(27)10-8-18/h2-10,14-16,28H,11-13,17H2,1H3,(H,29,32). The lowest BCUT2D eigenvalue weighted by Crippen LogP contribution is -2.31. The van der Waals surface area contributed by atoms with Crippen LogP contribution in [0.3, 0.4) is 0 Å². The van der Waals surface area contributed by atoms with E-state index in [0.29, 0.717) is 30.8 Å². The number of pyridine rings is 2. The van der Waals surface area contributed by atoms with E-state index in [1.165, 1.54) is 12.1 Å². The van der Waals surface area contributed by atoms with Gasteiger partial charge in [-0.05, 0) is 48.4 Å². The van der Waals surface area contributed by atoms with Gasteiger partial charge in [-0.1, -0.05) is 42.5 Å². The predicted molar refractivity (Wildman–Crippen MR) is 126 cm³/mol. The Hall–Kier alpha value is -3.84. The van der Waals surface area contributed by atoms with Crippen molar-refractivity contribution in [3.8, 4) is 5.75 Å². The minimum atomic E-state index is -0.313. The van der Waals surface area contributed by atoms with E-state index in [9.17, 15) is 9.18 Å². The van der Waals surface area contributed by atoms with Crippen molar-refractivity contribution < 1.29 is 13.9 Å². The molecule has 7 heteroatoms. The number of amides is 1. The molecule has 168 valence electrons. The van der Waals surface area contributed by atoms with Crippen LogP contribution >= 0.6 is 0 Å². The third-order valence-corrected chi connectivity index (χ3v) is 5.16. The molecule has 0 fully saturated rings. The number of nitrogens with zero attached hydrogens (tertiary/aromatic N) is 2. The Morgan fingerprint density at radius 1 is 0.939 bits per heavy atom. The Morgan fingerprint density at radius 3 is 2.48 bits per heavy atom. The van der Waals surface area contributed by atoms with Crippen molar-refractivity contribution in [2.24, 2.45) is 0 Å². The zero-order valence-electron chi connectivity index (χ0n) is 18.3. The molecule has 2 N–H and O–H groups in total. The zero-order valence-corrected chi connectivity index (χ0v) is 18.3. The monoisotopic (exact) mass is 444 g/mol. The van der Waals surface area contributed by atoms with E-state index in [1.54, 1.807) is 24.5 Å². The maximum atomic E-state index is 13.2. The van der Waals surface area contributed by atoms with Crippen LogP contribution in [0.1, 0.15) is 27.2 Å². The van der Waals surface area contributed by atoms with Crippen molar-refractivity contribution >= 4 is 16.8 Å². The molecular formula is C26H25FN4O2. The predicted octanol–water partition coefficient (Wildman–Crippen LogP) is 3.89. The zero-order chi connectivity index (χ0) is 23.0. The number of fused-ring (bicyclic) bond motifs is 1. The molecule has 0 unspecified atom stereocenters. The molecule has 0 aliphatic carbocycles. The van der Waals surface area contributed by atoms with Gasteiger partial charge in [-0.3, -0.25) is 9.78 Å². The van der Waals surface area contributed by atoms with Crippen LogP contribution in [0.15, 0.2) is 73.1 Å². The SMILES string of the molecule is CNCCNC(=O)c1ncc2cc(Cc3ccc(F)cc3)cnc2c1OCc1ccccc1. The van der Waals surface area contributed by atoms with Gasteiger partial charge >= 0.3 is 0 Å². The summed E-state index contributed by atoms with van der Waals surface area (Å²) < 4.78 is 19.3. The molecular weight excluding hydrogens is 419 g/mol. The number of rotatable bonds is 9. The smallest absolute Gasteiger partial charge is 0.273 e. The van der Waals surface area contributed by atoms with E-state index >= 15 is 0 Å². The van der Waals surface area contributed by atoms with E-state index in [2.05, 4.69) is 20.6 Å². The summed E-state index contributed by atoms with van der Waals surface area (Å²) in [6.07, 6.45) is 4.00. The molecule has 2 aromatic carbocycles. The first kappa shape index (κ1) is 22.4. The van der Waals surface area contributed by atoms with Crippen LogP contribution in [0.4, 0.5) is 4.39 Å². The number of hydrogen-bond acceptors (Lipinski definition) is 5. The Balaban J connectivity index is 1.65. The average molecular weight is 445 g/mol. The number of hydrogen-bond donors (Lipinski definition) is 2. The topological polar surface area (TPSA) is 76.1 Å². The quantitative estimate of drug-likeness (QED) is 0.383. The van der Waals surface area contributed by atoms with Gasteiger partial charge in [-0.15, -0.1) is 0 Å². The third-order valence-electron chi connectivity index (χ3n) is 5.16. The second kappa shape index (κ2) is 10.7. The fourth-order valence-corrected chi connectivity index (χ4v) is 3.47. The van der Waals surface area contributed by atoms with Crippen molar-refractivity contribution in [3.05, 3.63) is 101 Å². The minimum absolute atomic E-state index is 0.202. The maximum absolute atomic E-state index is 13.2. The molecule has 0 aliphatic heterocycles. The number of ether oxygens (including phenoxy) is 1. The number of likely N-dealkylation sites (N-methyl/N-ethyl adjacent to an activating group) is 1. The molecule has 6 nitrogen and oxygen atoms in total. The Bertz CT molecular complexity index is 1230. The average Bonchev–Trinajstić information content (AvgIpc) is 2.84. The third kappa shape index (κ3) is 5.70. The first-order valence-corrected chi connectivity index (χ1v) is 10.8. The molecule has 0 aliphatic rings. The molecule has 0 saturated carbocycles. The van der Waals surface area contributed by atoms with Crippen molar-refractivity contribution in [3.63, 3.8) is 0 Å². The van der Waals surface area contributed by atoms with Crippen molar-refractivity contribution in [2.45, 2.75) is 13.0 Å². The summed E-state index contributed by atoms with van der Waals surface area (Å²) in [7, 11) is 1.82. The Kier molecular flexibility index (Phi) is 7.22. The molecule has 1 amide bonds. The molecule has 33 heavy (non-hydrogen) atoms. The second-order valence-corrected chi connectivity index (χ2v) is 7.65. The van der Waals surface area contributed by atoms with Crippen LogP contribution in [0, 0.1) is 5.82 Å². The number of carbonyl (C=O) groups is 1. The molecule has 0 bridgehead atoms. The lowest BCUT2D eigenvalue weighted by atomic mass is 10.0. The van der Waals surface area contributed by atoms with Crippen molar-refractivity contribution in [1.29, 1.82) is 0 Å². The molecule has 0 atom stereocenters. The van der Waals surface area contributed by atoms with E-state index in [-0.39, 0.29) is 24.0 Å². The summed E-state index contributed by atoms with van der Waals surface area (Å²) in [5, 5.41) is 6.61. The second-order valence-electron chi connectivity index (χ2n) is 7.65. The number of benzene rings is 2. The highest BCUT2D eigenvalue weighted by Gasteiger charge is 2.19. The fourth-order valence-electron chi connectivity index (χ4n) is 3.47. The highest BCUT2D eigenvalue weighted by Crippen LogP contribution is 2.28. The van der Waals surface area contributed by atoms with Gasteiger partial charge in [-0.25, -0.2) is 9.37 Å². The van der Waals surface area contributed by atoms with Crippen LogP contribution in [-0.4, -0.2) is 36.0 Å². The summed E-state index contributed by atoms with van der Waals surface area (Å²) in [6, 6.07) is 18.1. The lowest BCUT2D eigenvalue weighted by molar-refractivity contribution is 0.0944. The largest absolute Gasteiger partial charge is 0.484 e. The van der Waals surface area contributed by atoms with Crippen molar-refractivity contribution in [2.75, 3.05) is 20.1 Å². The van der Waals surface area contributed by atoms with E-state index in [0.717, 1.165) is 22.1 Å². The van der Waals surface area contributed by atoms with Gasteiger partial charge in [0.25, 0.3) is 5.91 Å². The van der Waals surface area contributed by atoms with E-state index < -0.39 is 0 Å². The fraction of sp³-hybridized carbons (Fsp3) is 0.192. The first-order chi connectivity index (χ1) is 16.1. The highest BCUT2D eigenvalue weighted by molar-refractivity contribution is 6.00. The van der Waals surface area contributed by atoms with Gasteiger partial charge in [0.15, 0.2) is 11.4 Å². The Morgan fingerprint density at radius 2 is 1.73 bits per heavy atom. The minimum Gasteiger partial charge on any atom is -0.484 e. The van der Waals surface area contributed by atoms with Gasteiger partial charge in [0.05, 0.1) is 0 Å². The maximum Gasteiger partial charge on any atom is 0.273 e. The van der Waals surface area contributed by atoms with Gasteiger partial charge < -0.3 is 15.4 Å². The molecule has 2 aromatic heterocycles. The van der Waals surface area contributed by atoms with Crippen LogP contribution in [-0.2, 0) is 13.0 Å². The molecule has 0 radical (unpaired) electrons. The summed E-state index contributed by atoms with van der Waals surface area (Å²) in [6.45, 7) is 1.40.